The van der Waals surface area contributed by atoms with Crippen LogP contribution in [-0.4, -0.2) is 41.0 Å². The Kier molecular flexibility index (Phi) is 37.4. The second-order valence-electron chi connectivity index (χ2n) is 13.3. The molecule has 2 N–H and O–H groups in total. The van der Waals surface area contributed by atoms with Crippen molar-refractivity contribution < 1.29 is 37.9 Å². The minimum absolute atomic E-state index is 0.111. The van der Waals surface area contributed by atoms with Gasteiger partial charge in [0.25, 0.3) is 0 Å². The van der Waals surface area contributed by atoms with Crippen molar-refractivity contribution in [1.29, 1.82) is 0 Å². The minimum atomic E-state index is -4.78. The molecule has 0 fully saturated rings. The Bertz CT molecular complexity index is 1190. The zero-order chi connectivity index (χ0) is 39.6. The van der Waals surface area contributed by atoms with Gasteiger partial charge in [0.15, 0.2) is 6.10 Å². The molecular weight excluding hydrogens is 699 g/mol. The molecule has 0 aliphatic rings. The second kappa shape index (κ2) is 39.7. The topological polar surface area (TPSA) is 119 Å². The van der Waals surface area contributed by atoms with E-state index in [4.69, 9.17) is 19.3 Å². The van der Waals surface area contributed by atoms with E-state index in [0.29, 0.717) is 19.3 Å². The molecule has 0 amide bonds. The summed E-state index contributed by atoms with van der Waals surface area (Å²) in [5, 5.41) is 0. The summed E-state index contributed by atoms with van der Waals surface area (Å²) in [6, 6.07) is 0. The lowest BCUT2D eigenvalue weighted by Crippen LogP contribution is -2.29. The van der Waals surface area contributed by atoms with Gasteiger partial charge in [-0.15, -0.1) is 0 Å². The van der Waals surface area contributed by atoms with Crippen LogP contribution in [-0.2, 0) is 28.2 Å². The Morgan fingerprint density at radius 2 is 0.944 bits per heavy atom. The van der Waals surface area contributed by atoms with Gasteiger partial charge < -0.3 is 19.3 Å². The van der Waals surface area contributed by atoms with Crippen LogP contribution in [0.4, 0.5) is 0 Å². The van der Waals surface area contributed by atoms with Gasteiger partial charge in [-0.2, -0.15) is 0 Å². The van der Waals surface area contributed by atoms with Crippen LogP contribution in [0.1, 0.15) is 155 Å². The van der Waals surface area contributed by atoms with Crippen molar-refractivity contribution in [2.24, 2.45) is 0 Å². The molecule has 0 aromatic heterocycles. The molecule has 0 aliphatic carbocycles. The van der Waals surface area contributed by atoms with Gasteiger partial charge in [0, 0.05) is 12.8 Å². The van der Waals surface area contributed by atoms with Crippen LogP contribution in [0.15, 0.2) is 97.2 Å². The molecule has 0 rings (SSSR count). The van der Waals surface area contributed by atoms with Crippen molar-refractivity contribution in [2.45, 2.75) is 161 Å². The van der Waals surface area contributed by atoms with E-state index in [0.717, 1.165) is 44.9 Å². The Morgan fingerprint density at radius 1 is 0.500 bits per heavy atom. The number of ether oxygens (including phenoxy) is 2. The standard InChI is InChI=1S/C45H73O8P/c1-3-5-7-9-11-13-15-17-18-19-20-21-22-23-24-25-26-28-29-31-33-35-37-39-44(46)51-41-43(42-52-54(48,49)50)53-45(47)40-38-36-34-32-30-27-16-14-12-10-8-6-4-2/h5-8,10-14,16-18,27,30,32,34,43H,3-4,9,15,19-26,28-29,31,33,35-42H2,1-2H3,(H2,48,49,50)/b7-5+,8-6+,12-10+,13-11+,16-14+,18-17+,30-27+,34-32+. The lowest BCUT2D eigenvalue weighted by Gasteiger charge is -2.18. The zero-order valence-electron chi connectivity index (χ0n) is 33.6. The monoisotopic (exact) mass is 773 g/mol. The van der Waals surface area contributed by atoms with Crippen LogP contribution in [0.25, 0.3) is 0 Å². The van der Waals surface area contributed by atoms with Crippen molar-refractivity contribution in [3.8, 4) is 0 Å². The third-order valence-electron chi connectivity index (χ3n) is 8.23. The predicted molar refractivity (Wildman–Crippen MR) is 225 cm³/mol. The van der Waals surface area contributed by atoms with Crippen LogP contribution in [0.5, 0.6) is 0 Å². The maximum absolute atomic E-state index is 12.3. The summed E-state index contributed by atoms with van der Waals surface area (Å²) < 4.78 is 26.3. The van der Waals surface area contributed by atoms with Gasteiger partial charge >= 0.3 is 19.8 Å². The highest BCUT2D eigenvalue weighted by Crippen LogP contribution is 2.36. The SMILES string of the molecule is CC/C=C/C=C/C=C/C=C/C=C/CCCC(=O)OC(COC(=O)CCCCCCCCCCCCCCC/C=C/C/C=C/C/C=C/CC)COP(=O)(O)O. The lowest BCUT2D eigenvalue weighted by atomic mass is 10.0. The largest absolute Gasteiger partial charge is 0.469 e. The number of phosphoric acid groups is 1. The minimum Gasteiger partial charge on any atom is -0.462 e. The maximum atomic E-state index is 12.3. The highest BCUT2D eigenvalue weighted by atomic mass is 31.2. The molecule has 0 spiro atoms. The molecule has 54 heavy (non-hydrogen) atoms. The second-order valence-corrected chi connectivity index (χ2v) is 14.6. The Hall–Kier alpha value is -3.03. The van der Waals surface area contributed by atoms with E-state index in [-0.39, 0.29) is 19.4 Å². The molecule has 0 saturated heterocycles. The van der Waals surface area contributed by atoms with E-state index < -0.39 is 32.5 Å². The number of carbonyl (C=O) groups excluding carboxylic acids is 2. The summed E-state index contributed by atoms with van der Waals surface area (Å²) in [6.07, 6.45) is 54.4. The van der Waals surface area contributed by atoms with Crippen LogP contribution in [0.3, 0.4) is 0 Å². The first-order valence-electron chi connectivity index (χ1n) is 20.6. The highest BCUT2D eigenvalue weighted by molar-refractivity contribution is 7.46. The number of hydrogen-bond acceptors (Lipinski definition) is 6. The molecule has 0 saturated carbocycles. The van der Waals surface area contributed by atoms with E-state index >= 15 is 0 Å². The zero-order valence-corrected chi connectivity index (χ0v) is 34.5. The van der Waals surface area contributed by atoms with Crippen molar-refractivity contribution >= 4 is 19.8 Å². The highest BCUT2D eigenvalue weighted by Gasteiger charge is 2.22. The lowest BCUT2D eigenvalue weighted by molar-refractivity contribution is -0.161. The van der Waals surface area contributed by atoms with Crippen molar-refractivity contribution in [2.75, 3.05) is 13.2 Å². The quantitative estimate of drug-likeness (QED) is 0.0212. The normalized spacial score (nSPS) is 13.5. The van der Waals surface area contributed by atoms with Gasteiger partial charge in [-0.05, 0) is 57.8 Å². The summed E-state index contributed by atoms with van der Waals surface area (Å²) in [4.78, 5) is 42.7. The molecule has 0 bridgehead atoms. The van der Waals surface area contributed by atoms with Crippen LogP contribution in [0, 0.1) is 0 Å². The number of unbranched alkanes of at least 4 members (excludes halogenated alkanes) is 14. The number of rotatable bonds is 36. The fourth-order valence-corrected chi connectivity index (χ4v) is 5.60. The van der Waals surface area contributed by atoms with E-state index in [1.54, 1.807) is 0 Å². The number of phosphoric ester groups is 1. The molecule has 1 atom stereocenters. The Balaban J connectivity index is 3.94. The predicted octanol–water partition coefficient (Wildman–Crippen LogP) is 12.6. The summed E-state index contributed by atoms with van der Waals surface area (Å²) in [5.74, 6) is -0.981. The van der Waals surface area contributed by atoms with Crippen molar-refractivity contribution in [3.05, 3.63) is 97.2 Å². The van der Waals surface area contributed by atoms with E-state index in [1.165, 1.54) is 64.2 Å². The summed E-state index contributed by atoms with van der Waals surface area (Å²) in [6.45, 7) is 3.35. The van der Waals surface area contributed by atoms with E-state index in [2.05, 4.69) is 60.9 Å². The Labute approximate surface area is 328 Å². The third-order valence-corrected chi connectivity index (χ3v) is 8.71. The molecule has 0 aromatic carbocycles. The van der Waals surface area contributed by atoms with Crippen LogP contribution >= 0.6 is 7.82 Å². The van der Waals surface area contributed by atoms with Gasteiger partial charge in [0.05, 0.1) is 6.61 Å². The van der Waals surface area contributed by atoms with Crippen LogP contribution < -0.4 is 0 Å². The van der Waals surface area contributed by atoms with Gasteiger partial charge in [-0.3, -0.25) is 14.1 Å². The first-order chi connectivity index (χ1) is 26.3. The van der Waals surface area contributed by atoms with E-state index in [1.807, 2.05) is 54.7 Å². The fourth-order valence-electron chi connectivity index (χ4n) is 5.24. The van der Waals surface area contributed by atoms with Gasteiger partial charge in [0.2, 0.25) is 0 Å². The molecule has 0 radical (unpaired) electrons. The molecule has 0 heterocycles. The summed E-state index contributed by atoms with van der Waals surface area (Å²) >= 11 is 0. The fraction of sp³-hybridized carbons (Fsp3) is 0.600. The van der Waals surface area contributed by atoms with Gasteiger partial charge in [-0.1, -0.05) is 182 Å². The molecular formula is C45H73O8P. The van der Waals surface area contributed by atoms with E-state index in [9.17, 15) is 14.2 Å². The average molecular weight is 773 g/mol. The summed E-state index contributed by atoms with van der Waals surface area (Å²) in [7, 11) is -4.78. The molecule has 1 unspecified atom stereocenters. The van der Waals surface area contributed by atoms with Gasteiger partial charge in [-0.25, -0.2) is 4.57 Å². The number of hydrogen-bond donors (Lipinski definition) is 2. The smallest absolute Gasteiger partial charge is 0.462 e. The maximum Gasteiger partial charge on any atom is 0.469 e. The van der Waals surface area contributed by atoms with Crippen molar-refractivity contribution in [3.63, 3.8) is 0 Å². The number of esters is 2. The van der Waals surface area contributed by atoms with Gasteiger partial charge in [0.1, 0.15) is 6.61 Å². The molecule has 9 heteroatoms. The third kappa shape index (κ3) is 41.7. The molecule has 8 nitrogen and oxygen atoms in total. The molecule has 0 aromatic rings. The molecule has 0 aliphatic heterocycles. The number of allylic oxidation sites excluding steroid dienone is 16. The summed E-state index contributed by atoms with van der Waals surface area (Å²) in [5.41, 5.74) is 0. The first kappa shape index (κ1) is 51.0. The first-order valence-corrected chi connectivity index (χ1v) is 22.1. The van der Waals surface area contributed by atoms with Crippen LogP contribution in [0.2, 0.25) is 0 Å². The number of carbonyl (C=O) groups is 2. The Morgan fingerprint density at radius 3 is 1.50 bits per heavy atom. The average Bonchev–Trinajstić information content (AvgIpc) is 3.14. The van der Waals surface area contributed by atoms with Crippen molar-refractivity contribution in [1.82, 2.24) is 0 Å². The molecule has 306 valence electrons.